The van der Waals surface area contributed by atoms with Gasteiger partial charge in [0.15, 0.2) is 0 Å². The van der Waals surface area contributed by atoms with Crippen LogP contribution in [0.4, 0.5) is 5.69 Å². The highest BCUT2D eigenvalue weighted by atomic mass is 15.2. The van der Waals surface area contributed by atoms with E-state index < -0.39 is 0 Å². The molecule has 1 aromatic carbocycles. The molecule has 2 aromatic rings. The van der Waals surface area contributed by atoms with E-state index in [-0.39, 0.29) is 0 Å². The van der Waals surface area contributed by atoms with Crippen LogP contribution in [0.2, 0.25) is 0 Å². The summed E-state index contributed by atoms with van der Waals surface area (Å²) in [7, 11) is 0. The van der Waals surface area contributed by atoms with Gasteiger partial charge in [-0.25, -0.2) is 0 Å². The Balaban J connectivity index is 1.48. The average molecular weight is 350 g/mol. The second-order valence-electron chi connectivity index (χ2n) is 7.79. The van der Waals surface area contributed by atoms with Crippen molar-refractivity contribution in [2.75, 3.05) is 37.6 Å². The molecule has 0 amide bonds. The van der Waals surface area contributed by atoms with E-state index in [9.17, 15) is 5.26 Å². The second kappa shape index (κ2) is 7.18. The van der Waals surface area contributed by atoms with Crippen molar-refractivity contribution in [3.8, 4) is 6.07 Å². The Hall–Kier alpha value is -2.23. The van der Waals surface area contributed by atoms with Crippen molar-refractivity contribution in [1.29, 1.82) is 5.26 Å². The molecule has 2 aliphatic rings. The van der Waals surface area contributed by atoms with Crippen LogP contribution in [0.1, 0.15) is 25.3 Å². The molecule has 6 heteroatoms. The maximum absolute atomic E-state index is 9.31. The summed E-state index contributed by atoms with van der Waals surface area (Å²) in [4.78, 5) is 13.9. The van der Waals surface area contributed by atoms with Crippen molar-refractivity contribution < 1.29 is 0 Å². The minimum absolute atomic E-state index is 0.356. The maximum atomic E-state index is 9.31. The van der Waals surface area contributed by atoms with Crippen molar-refractivity contribution in [3.63, 3.8) is 0 Å². The molecule has 0 spiro atoms. The molecule has 136 valence electrons. The van der Waals surface area contributed by atoms with Gasteiger partial charge in [-0.1, -0.05) is 6.92 Å². The number of aromatic nitrogens is 2. The number of nitrogens with zero attached hydrogens (tertiary/aromatic N) is 5. The fraction of sp³-hybridized carbons (Fsp3) is 0.550. The first-order valence-corrected chi connectivity index (χ1v) is 9.52. The quantitative estimate of drug-likeness (QED) is 0.912. The zero-order valence-electron chi connectivity index (χ0n) is 15.3. The number of hydrogen-bond acceptors (Lipinski definition) is 6. The molecule has 26 heavy (non-hydrogen) atoms. The van der Waals surface area contributed by atoms with Crippen LogP contribution < -0.4 is 10.6 Å². The van der Waals surface area contributed by atoms with Crippen LogP contribution in [-0.2, 0) is 0 Å². The molecule has 2 N–H and O–H groups in total. The average Bonchev–Trinajstić information content (AvgIpc) is 3.12. The molecule has 2 saturated heterocycles. The minimum Gasteiger partial charge on any atom is -0.369 e. The number of anilines is 1. The highest BCUT2D eigenvalue weighted by Gasteiger charge is 2.29. The number of fused-ring (bicyclic) bond motifs is 1. The largest absolute Gasteiger partial charge is 0.369 e. The second-order valence-corrected chi connectivity index (χ2v) is 7.79. The summed E-state index contributed by atoms with van der Waals surface area (Å²) >= 11 is 0. The van der Waals surface area contributed by atoms with E-state index in [2.05, 4.69) is 32.8 Å². The van der Waals surface area contributed by atoms with Crippen LogP contribution in [0.15, 0.2) is 24.5 Å². The number of nitrogens with two attached hydrogens (primary N) is 1. The maximum Gasteiger partial charge on any atom is 0.113 e. The fourth-order valence-corrected chi connectivity index (χ4v) is 4.37. The van der Waals surface area contributed by atoms with Crippen molar-refractivity contribution in [2.45, 2.75) is 25.8 Å². The van der Waals surface area contributed by atoms with Gasteiger partial charge >= 0.3 is 0 Å². The summed E-state index contributed by atoms with van der Waals surface area (Å²) in [5, 5.41) is 9.31. The lowest BCUT2D eigenvalue weighted by molar-refractivity contribution is 0.147. The molecule has 2 aliphatic heterocycles. The lowest BCUT2D eigenvalue weighted by Gasteiger charge is -2.36. The lowest BCUT2D eigenvalue weighted by Crippen LogP contribution is -2.47. The van der Waals surface area contributed by atoms with E-state index in [4.69, 9.17) is 5.73 Å². The van der Waals surface area contributed by atoms with E-state index in [1.165, 1.54) is 6.42 Å². The van der Waals surface area contributed by atoms with Gasteiger partial charge in [0.2, 0.25) is 0 Å². The standard InChI is InChI=1S/C20H26N6/c1-14-11-25(8-5-17(14)22)12-15-4-9-26(13-15)18-3-2-16(10-21)19-20(18)24-7-6-23-19/h2-3,6-7,14-15,17H,4-5,8-9,11-13,22H2,1H3. The van der Waals surface area contributed by atoms with Gasteiger partial charge in [0, 0.05) is 44.6 Å². The van der Waals surface area contributed by atoms with Crippen molar-refractivity contribution in [1.82, 2.24) is 14.9 Å². The first-order valence-electron chi connectivity index (χ1n) is 9.52. The Bertz CT molecular complexity index is 829. The van der Waals surface area contributed by atoms with Crippen LogP contribution in [0.25, 0.3) is 11.0 Å². The number of nitriles is 1. The molecule has 4 rings (SSSR count). The molecule has 3 heterocycles. The molecular formula is C20H26N6. The van der Waals surface area contributed by atoms with E-state index in [1.807, 2.05) is 12.1 Å². The number of piperidine rings is 1. The summed E-state index contributed by atoms with van der Waals surface area (Å²) < 4.78 is 0. The predicted octanol–water partition coefficient (Wildman–Crippen LogP) is 2.00. The number of hydrogen-bond donors (Lipinski definition) is 1. The van der Waals surface area contributed by atoms with Gasteiger partial charge < -0.3 is 15.5 Å². The zero-order chi connectivity index (χ0) is 18.1. The third-order valence-electron chi connectivity index (χ3n) is 5.92. The monoisotopic (exact) mass is 350 g/mol. The first kappa shape index (κ1) is 17.2. The van der Waals surface area contributed by atoms with Gasteiger partial charge in [-0.05, 0) is 43.4 Å². The van der Waals surface area contributed by atoms with Crippen LogP contribution in [0, 0.1) is 23.2 Å². The van der Waals surface area contributed by atoms with Crippen LogP contribution in [-0.4, -0.2) is 53.6 Å². The van der Waals surface area contributed by atoms with Crippen molar-refractivity contribution in [2.24, 2.45) is 17.6 Å². The summed E-state index contributed by atoms with van der Waals surface area (Å²) in [5.74, 6) is 1.25. The van der Waals surface area contributed by atoms with Gasteiger partial charge in [0.1, 0.15) is 17.1 Å². The first-order chi connectivity index (χ1) is 12.7. The smallest absolute Gasteiger partial charge is 0.113 e. The fourth-order valence-electron chi connectivity index (χ4n) is 4.37. The van der Waals surface area contributed by atoms with Crippen LogP contribution in [0.5, 0.6) is 0 Å². The van der Waals surface area contributed by atoms with Crippen LogP contribution in [0.3, 0.4) is 0 Å². The van der Waals surface area contributed by atoms with Crippen LogP contribution >= 0.6 is 0 Å². The molecule has 0 aliphatic carbocycles. The highest BCUT2D eigenvalue weighted by molar-refractivity contribution is 5.92. The van der Waals surface area contributed by atoms with E-state index in [0.29, 0.717) is 29.0 Å². The zero-order valence-corrected chi connectivity index (χ0v) is 15.3. The van der Waals surface area contributed by atoms with Gasteiger partial charge in [-0.2, -0.15) is 5.26 Å². The van der Waals surface area contributed by atoms with E-state index >= 15 is 0 Å². The molecular weight excluding hydrogens is 324 g/mol. The van der Waals surface area contributed by atoms with Gasteiger partial charge in [0.25, 0.3) is 0 Å². The molecule has 1 aromatic heterocycles. The number of benzene rings is 1. The molecule has 0 bridgehead atoms. The molecule has 0 saturated carbocycles. The number of likely N-dealkylation sites (tertiary alicyclic amines) is 1. The predicted molar refractivity (Wildman–Crippen MR) is 103 cm³/mol. The van der Waals surface area contributed by atoms with Crippen molar-refractivity contribution in [3.05, 3.63) is 30.1 Å². The van der Waals surface area contributed by atoms with Gasteiger partial charge in [-0.15, -0.1) is 0 Å². The topological polar surface area (TPSA) is 82.1 Å². The molecule has 2 fully saturated rings. The third kappa shape index (κ3) is 3.25. The molecule has 6 nitrogen and oxygen atoms in total. The molecule has 3 atom stereocenters. The number of rotatable bonds is 3. The summed E-state index contributed by atoms with van der Waals surface area (Å²) in [5.41, 5.74) is 9.38. The molecule has 0 radical (unpaired) electrons. The Labute approximate surface area is 154 Å². The highest BCUT2D eigenvalue weighted by Crippen LogP contribution is 2.31. The Morgan fingerprint density at radius 3 is 2.73 bits per heavy atom. The summed E-state index contributed by atoms with van der Waals surface area (Å²) in [6.07, 6.45) is 5.66. The third-order valence-corrected chi connectivity index (χ3v) is 5.92. The summed E-state index contributed by atoms with van der Waals surface area (Å²) in [6, 6.07) is 6.47. The molecule has 3 unspecified atom stereocenters. The lowest BCUT2D eigenvalue weighted by atomic mass is 9.94. The summed E-state index contributed by atoms with van der Waals surface area (Å²) in [6.45, 7) is 7.71. The van der Waals surface area contributed by atoms with Gasteiger partial charge in [-0.3, -0.25) is 9.97 Å². The normalized spacial score (nSPS) is 27.0. The van der Waals surface area contributed by atoms with Gasteiger partial charge in [0.05, 0.1) is 11.3 Å². The van der Waals surface area contributed by atoms with Crippen molar-refractivity contribution >= 4 is 16.7 Å². The Morgan fingerprint density at radius 1 is 1.15 bits per heavy atom. The SMILES string of the molecule is CC1CN(CC2CCN(c3ccc(C#N)c4nccnc34)C2)CCC1N. The Morgan fingerprint density at radius 2 is 1.96 bits per heavy atom. The Kier molecular flexibility index (Phi) is 4.75. The van der Waals surface area contributed by atoms with E-state index in [1.54, 1.807) is 12.4 Å². The van der Waals surface area contributed by atoms with E-state index in [0.717, 1.165) is 50.3 Å². The minimum atomic E-state index is 0.356.